The van der Waals surface area contributed by atoms with Gasteiger partial charge in [-0.25, -0.2) is 4.39 Å². The van der Waals surface area contributed by atoms with Gasteiger partial charge in [-0.3, -0.25) is 4.98 Å². The van der Waals surface area contributed by atoms with Crippen molar-refractivity contribution in [1.82, 2.24) is 4.98 Å². The largest absolute Gasteiger partial charge is 0.261 e. The monoisotopic (exact) mass is 239 g/mol. The maximum atomic E-state index is 13.1. The predicted molar refractivity (Wildman–Crippen MR) is 64.8 cm³/mol. The van der Waals surface area contributed by atoms with E-state index in [1.807, 2.05) is 6.08 Å². The minimum atomic E-state index is -0.298. The lowest BCUT2D eigenvalue weighted by atomic mass is 9.76. The van der Waals surface area contributed by atoms with Crippen molar-refractivity contribution in [1.29, 1.82) is 0 Å². The molecule has 0 aliphatic heterocycles. The van der Waals surface area contributed by atoms with Gasteiger partial charge in [0.1, 0.15) is 5.82 Å². The molecule has 1 aliphatic rings. The topological polar surface area (TPSA) is 12.9 Å². The molecule has 86 valence electrons. The molecular formula is C13H15ClFN. The summed E-state index contributed by atoms with van der Waals surface area (Å²) in [6, 6.07) is 1.52. The average molecular weight is 240 g/mol. The van der Waals surface area contributed by atoms with E-state index in [9.17, 15) is 4.39 Å². The van der Waals surface area contributed by atoms with Crippen LogP contribution in [0.25, 0.3) is 5.57 Å². The summed E-state index contributed by atoms with van der Waals surface area (Å²) in [4.78, 5) is 3.87. The van der Waals surface area contributed by atoms with Crippen molar-refractivity contribution in [3.8, 4) is 0 Å². The first kappa shape index (κ1) is 11.6. The van der Waals surface area contributed by atoms with Gasteiger partial charge in [-0.1, -0.05) is 19.9 Å². The Morgan fingerprint density at radius 3 is 2.81 bits per heavy atom. The van der Waals surface area contributed by atoms with Gasteiger partial charge in [0.15, 0.2) is 0 Å². The normalized spacial score (nSPS) is 24.0. The van der Waals surface area contributed by atoms with E-state index in [-0.39, 0.29) is 16.6 Å². The second-order valence-corrected chi connectivity index (χ2v) is 5.71. The molecule has 2 rings (SSSR count). The maximum Gasteiger partial charge on any atom is 0.142 e. The summed E-state index contributed by atoms with van der Waals surface area (Å²) >= 11 is 6.20. The van der Waals surface area contributed by atoms with E-state index in [2.05, 4.69) is 18.8 Å². The molecule has 0 saturated carbocycles. The summed E-state index contributed by atoms with van der Waals surface area (Å²) in [7, 11) is 0. The molecule has 0 amide bonds. The van der Waals surface area contributed by atoms with Gasteiger partial charge in [0, 0.05) is 6.20 Å². The van der Waals surface area contributed by atoms with E-state index in [0.29, 0.717) is 0 Å². The minimum Gasteiger partial charge on any atom is -0.261 e. The molecule has 1 aliphatic carbocycles. The van der Waals surface area contributed by atoms with Crippen molar-refractivity contribution >= 4 is 17.2 Å². The quantitative estimate of drug-likeness (QED) is 0.675. The lowest BCUT2D eigenvalue weighted by Crippen LogP contribution is -2.21. The Bertz CT molecular complexity index is 426. The van der Waals surface area contributed by atoms with E-state index >= 15 is 0 Å². The van der Waals surface area contributed by atoms with Crippen molar-refractivity contribution in [2.75, 3.05) is 0 Å². The van der Waals surface area contributed by atoms with Gasteiger partial charge < -0.3 is 0 Å². The predicted octanol–water partition coefficient (Wildman–Crippen LogP) is 4.03. The standard InChI is InChI=1S/C13H15ClFN/c1-13(2)5-9(3-11(14)6-13)10-4-12(15)8-16-7-10/h3-4,7-8,11H,5-6H2,1-2H3. The number of hydrogen-bond donors (Lipinski definition) is 0. The number of aromatic nitrogens is 1. The van der Waals surface area contributed by atoms with E-state index < -0.39 is 0 Å². The molecule has 1 aromatic heterocycles. The van der Waals surface area contributed by atoms with Crippen molar-refractivity contribution in [3.63, 3.8) is 0 Å². The molecule has 1 nitrogen and oxygen atoms in total. The Morgan fingerprint density at radius 2 is 2.19 bits per heavy atom. The molecule has 0 fully saturated rings. The Morgan fingerprint density at radius 1 is 1.44 bits per heavy atom. The fourth-order valence-corrected chi connectivity index (χ4v) is 2.81. The smallest absolute Gasteiger partial charge is 0.142 e. The summed E-state index contributed by atoms with van der Waals surface area (Å²) in [5.41, 5.74) is 2.12. The second kappa shape index (κ2) is 4.17. The first-order valence-corrected chi connectivity index (χ1v) is 5.86. The van der Waals surface area contributed by atoms with Crippen LogP contribution >= 0.6 is 11.6 Å². The molecule has 0 bridgehead atoms. The van der Waals surface area contributed by atoms with Crippen LogP contribution in [0.15, 0.2) is 24.5 Å². The Hall–Kier alpha value is -0.890. The van der Waals surface area contributed by atoms with E-state index in [1.165, 1.54) is 12.3 Å². The van der Waals surface area contributed by atoms with Crippen LogP contribution in [0.3, 0.4) is 0 Å². The first-order valence-electron chi connectivity index (χ1n) is 5.42. The highest BCUT2D eigenvalue weighted by molar-refractivity contribution is 6.22. The van der Waals surface area contributed by atoms with Gasteiger partial charge >= 0.3 is 0 Å². The molecule has 1 atom stereocenters. The molecule has 0 N–H and O–H groups in total. The fourth-order valence-electron chi connectivity index (χ4n) is 2.24. The molecule has 0 aromatic carbocycles. The molecule has 3 heteroatoms. The molecule has 0 saturated heterocycles. The fraction of sp³-hybridized carbons (Fsp3) is 0.462. The van der Waals surface area contributed by atoms with Gasteiger partial charge in [-0.2, -0.15) is 0 Å². The highest BCUT2D eigenvalue weighted by Gasteiger charge is 2.28. The maximum absolute atomic E-state index is 13.1. The molecule has 1 aromatic rings. The summed E-state index contributed by atoms with van der Waals surface area (Å²) in [6.07, 6.45) is 6.81. The van der Waals surface area contributed by atoms with Gasteiger partial charge in [-0.15, -0.1) is 11.6 Å². The van der Waals surface area contributed by atoms with Crippen LogP contribution in [-0.2, 0) is 0 Å². The third-order valence-corrected chi connectivity index (χ3v) is 3.15. The number of halogens is 2. The summed E-state index contributed by atoms with van der Waals surface area (Å²) in [5, 5.41) is 0.0296. The van der Waals surface area contributed by atoms with Crippen LogP contribution in [0, 0.1) is 11.2 Å². The molecule has 1 heterocycles. The summed E-state index contributed by atoms with van der Waals surface area (Å²) in [5.74, 6) is -0.298. The SMILES string of the molecule is CC1(C)CC(c2cncc(F)c2)=CC(Cl)C1. The van der Waals surface area contributed by atoms with Gasteiger partial charge in [-0.05, 0) is 35.5 Å². The zero-order chi connectivity index (χ0) is 11.8. The molecule has 1 unspecified atom stereocenters. The van der Waals surface area contributed by atoms with Crippen molar-refractivity contribution < 1.29 is 4.39 Å². The van der Waals surface area contributed by atoms with E-state index in [1.54, 1.807) is 6.20 Å². The molecule has 0 spiro atoms. The van der Waals surface area contributed by atoms with Crippen molar-refractivity contribution in [3.05, 3.63) is 35.9 Å². The zero-order valence-corrected chi connectivity index (χ0v) is 10.3. The number of alkyl halides is 1. The Balaban J connectivity index is 2.34. The van der Waals surface area contributed by atoms with E-state index in [0.717, 1.165) is 24.0 Å². The van der Waals surface area contributed by atoms with Crippen LogP contribution in [0.4, 0.5) is 4.39 Å². The van der Waals surface area contributed by atoms with Crippen molar-refractivity contribution in [2.45, 2.75) is 32.1 Å². The summed E-state index contributed by atoms with van der Waals surface area (Å²) in [6.45, 7) is 4.37. The van der Waals surface area contributed by atoms with Gasteiger partial charge in [0.2, 0.25) is 0 Å². The first-order chi connectivity index (χ1) is 7.46. The lowest BCUT2D eigenvalue weighted by Gasteiger charge is -2.32. The third kappa shape index (κ3) is 2.62. The van der Waals surface area contributed by atoms with E-state index in [4.69, 9.17) is 11.6 Å². The number of allylic oxidation sites excluding steroid dienone is 2. The second-order valence-electron chi connectivity index (χ2n) is 5.14. The molecule has 0 radical (unpaired) electrons. The van der Waals surface area contributed by atoms with Crippen LogP contribution in [0.1, 0.15) is 32.3 Å². The zero-order valence-electron chi connectivity index (χ0n) is 9.50. The van der Waals surface area contributed by atoms with Gasteiger partial charge in [0.05, 0.1) is 11.6 Å². The van der Waals surface area contributed by atoms with Crippen LogP contribution in [-0.4, -0.2) is 10.4 Å². The Kier molecular flexibility index (Phi) is 3.02. The molecular weight excluding hydrogens is 225 g/mol. The van der Waals surface area contributed by atoms with Crippen LogP contribution in [0.2, 0.25) is 0 Å². The number of hydrogen-bond acceptors (Lipinski definition) is 1. The third-order valence-electron chi connectivity index (χ3n) is 2.87. The number of pyridine rings is 1. The number of rotatable bonds is 1. The highest BCUT2D eigenvalue weighted by Crippen LogP contribution is 2.40. The van der Waals surface area contributed by atoms with Crippen molar-refractivity contribution in [2.24, 2.45) is 5.41 Å². The van der Waals surface area contributed by atoms with Crippen LogP contribution < -0.4 is 0 Å². The van der Waals surface area contributed by atoms with Crippen LogP contribution in [0.5, 0.6) is 0 Å². The summed E-state index contributed by atoms with van der Waals surface area (Å²) < 4.78 is 13.1. The number of nitrogens with zero attached hydrogens (tertiary/aromatic N) is 1. The Labute approximate surface area is 100 Å². The lowest BCUT2D eigenvalue weighted by molar-refractivity contribution is 0.340. The highest BCUT2D eigenvalue weighted by atomic mass is 35.5. The molecule has 16 heavy (non-hydrogen) atoms. The average Bonchev–Trinajstić information content (AvgIpc) is 2.14. The minimum absolute atomic E-state index is 0.0296. The van der Waals surface area contributed by atoms with Gasteiger partial charge in [0.25, 0.3) is 0 Å².